The minimum absolute atomic E-state index is 0.514. The Labute approximate surface area is 84.6 Å². The molecule has 0 spiro atoms. The molecule has 0 bridgehead atoms. The summed E-state index contributed by atoms with van der Waals surface area (Å²) in [6.45, 7) is 0. The van der Waals surface area contributed by atoms with Gasteiger partial charge in [0.2, 0.25) is 0 Å². The van der Waals surface area contributed by atoms with Gasteiger partial charge in [-0.1, -0.05) is 6.07 Å². The van der Waals surface area contributed by atoms with Crippen LogP contribution in [0.1, 0.15) is 5.56 Å². The van der Waals surface area contributed by atoms with Crippen molar-refractivity contribution in [3.05, 3.63) is 29.8 Å². The Kier molecular flexibility index (Phi) is 3.05. The second-order valence-electron chi connectivity index (χ2n) is 2.65. The van der Waals surface area contributed by atoms with Gasteiger partial charge in [0, 0.05) is 0 Å². The molecule has 0 N–H and O–H groups in total. The van der Waals surface area contributed by atoms with Crippen molar-refractivity contribution in [2.45, 2.75) is 11.1 Å². The number of hydrogen-bond donors (Lipinski definition) is 0. The van der Waals surface area contributed by atoms with Gasteiger partial charge in [-0.2, -0.15) is 21.6 Å². The molecule has 0 unspecified atom stereocenters. The molecule has 0 amide bonds. The third-order valence-corrected chi connectivity index (χ3v) is 2.94. The van der Waals surface area contributed by atoms with Gasteiger partial charge in [0.05, 0.1) is 17.6 Å². The largest absolute Gasteiger partial charge is 0.416 e. The predicted octanol–water partition coefficient (Wildman–Crippen LogP) is 2.04. The Bertz CT molecular complexity index is 450. The molecule has 84 valence electrons. The van der Waals surface area contributed by atoms with E-state index in [1.807, 2.05) is 0 Å². The van der Waals surface area contributed by atoms with Gasteiger partial charge in [0.15, 0.2) is 0 Å². The van der Waals surface area contributed by atoms with Gasteiger partial charge in [-0.15, -0.1) is 0 Å². The molecule has 0 heterocycles. The van der Waals surface area contributed by atoms with E-state index in [2.05, 4.69) is 4.18 Å². The quantitative estimate of drug-likeness (QED) is 0.743. The Hall–Kier alpha value is -1.08. The van der Waals surface area contributed by atoms with E-state index in [0.717, 1.165) is 25.3 Å². The fourth-order valence-corrected chi connectivity index (χ4v) is 1.63. The molecule has 0 atom stereocenters. The fourth-order valence-electron chi connectivity index (χ4n) is 0.924. The van der Waals surface area contributed by atoms with E-state index in [4.69, 9.17) is 0 Å². The zero-order valence-electron chi connectivity index (χ0n) is 7.58. The van der Waals surface area contributed by atoms with Gasteiger partial charge < -0.3 is 0 Å². The summed E-state index contributed by atoms with van der Waals surface area (Å²) < 4.78 is 63.0. The van der Waals surface area contributed by atoms with Crippen LogP contribution in [0.3, 0.4) is 0 Å². The summed E-state index contributed by atoms with van der Waals surface area (Å²) in [4.78, 5) is -0.514. The highest BCUT2D eigenvalue weighted by Gasteiger charge is 2.31. The van der Waals surface area contributed by atoms with Crippen LogP contribution in [0.2, 0.25) is 0 Å². The summed E-state index contributed by atoms with van der Waals surface area (Å²) in [6.07, 6.45) is -4.57. The van der Waals surface area contributed by atoms with Crippen LogP contribution < -0.4 is 0 Å². The predicted molar refractivity (Wildman–Crippen MR) is 45.6 cm³/mol. The average molecular weight is 240 g/mol. The van der Waals surface area contributed by atoms with Gasteiger partial charge in [-0.25, -0.2) is 0 Å². The van der Waals surface area contributed by atoms with Crippen LogP contribution in [0.5, 0.6) is 0 Å². The number of rotatable bonds is 2. The summed E-state index contributed by atoms with van der Waals surface area (Å²) in [7, 11) is -3.20. The van der Waals surface area contributed by atoms with E-state index in [1.54, 1.807) is 0 Å². The van der Waals surface area contributed by atoms with Crippen molar-refractivity contribution >= 4 is 10.1 Å². The third kappa shape index (κ3) is 2.69. The highest BCUT2D eigenvalue weighted by molar-refractivity contribution is 7.86. The van der Waals surface area contributed by atoms with Gasteiger partial charge in [-0.3, -0.25) is 4.18 Å². The van der Waals surface area contributed by atoms with Crippen LogP contribution in [0, 0.1) is 0 Å². The Balaban J connectivity index is 3.27. The lowest BCUT2D eigenvalue weighted by Crippen LogP contribution is -2.08. The zero-order valence-corrected chi connectivity index (χ0v) is 8.39. The first-order chi connectivity index (χ1) is 6.77. The second kappa shape index (κ2) is 3.82. The molecule has 0 aromatic heterocycles. The molecular formula is C8H7F3O3S. The lowest BCUT2D eigenvalue weighted by Gasteiger charge is -2.07. The van der Waals surface area contributed by atoms with Crippen LogP contribution in [-0.2, 0) is 20.5 Å². The first kappa shape index (κ1) is 12.0. The molecular weight excluding hydrogens is 233 g/mol. The van der Waals surface area contributed by atoms with Crippen molar-refractivity contribution in [2.75, 3.05) is 7.11 Å². The maximum Gasteiger partial charge on any atom is 0.416 e. The molecule has 1 aromatic carbocycles. The molecule has 15 heavy (non-hydrogen) atoms. The first-order valence-electron chi connectivity index (χ1n) is 3.75. The SMILES string of the molecule is COS(=O)(=O)c1cccc(C(F)(F)F)c1. The van der Waals surface area contributed by atoms with E-state index in [1.165, 1.54) is 0 Å². The van der Waals surface area contributed by atoms with E-state index < -0.39 is 26.8 Å². The van der Waals surface area contributed by atoms with E-state index in [0.29, 0.717) is 6.07 Å². The minimum Gasteiger partial charge on any atom is -0.270 e. The Morgan fingerprint density at radius 2 is 1.87 bits per heavy atom. The molecule has 0 aliphatic heterocycles. The molecule has 0 radical (unpaired) electrons. The smallest absolute Gasteiger partial charge is 0.270 e. The van der Waals surface area contributed by atoms with Crippen LogP contribution in [-0.4, -0.2) is 15.5 Å². The summed E-state index contributed by atoms with van der Waals surface area (Å²) >= 11 is 0. The number of halogens is 3. The van der Waals surface area contributed by atoms with Gasteiger partial charge in [0.25, 0.3) is 10.1 Å². The fraction of sp³-hybridized carbons (Fsp3) is 0.250. The highest BCUT2D eigenvalue weighted by atomic mass is 32.2. The van der Waals surface area contributed by atoms with E-state index in [-0.39, 0.29) is 0 Å². The zero-order chi connectivity index (χ0) is 11.7. The molecule has 0 saturated carbocycles. The lowest BCUT2D eigenvalue weighted by atomic mass is 10.2. The summed E-state index contributed by atoms with van der Waals surface area (Å²) in [5.41, 5.74) is -1.03. The second-order valence-corrected chi connectivity index (χ2v) is 4.36. The normalized spacial score (nSPS) is 12.8. The van der Waals surface area contributed by atoms with Crippen molar-refractivity contribution < 1.29 is 25.8 Å². The van der Waals surface area contributed by atoms with Crippen LogP contribution in [0.4, 0.5) is 13.2 Å². The van der Waals surface area contributed by atoms with Gasteiger partial charge in [-0.05, 0) is 18.2 Å². The molecule has 0 saturated heterocycles. The molecule has 0 fully saturated rings. The molecule has 1 rings (SSSR count). The molecule has 7 heteroatoms. The van der Waals surface area contributed by atoms with Gasteiger partial charge in [0.1, 0.15) is 0 Å². The van der Waals surface area contributed by atoms with Crippen LogP contribution in [0.25, 0.3) is 0 Å². The maximum atomic E-state index is 12.2. The van der Waals surface area contributed by atoms with Crippen LogP contribution >= 0.6 is 0 Å². The first-order valence-corrected chi connectivity index (χ1v) is 5.16. The van der Waals surface area contributed by atoms with Crippen molar-refractivity contribution in [3.8, 4) is 0 Å². The molecule has 0 aliphatic carbocycles. The molecule has 0 aliphatic rings. The van der Waals surface area contributed by atoms with Crippen molar-refractivity contribution in [3.63, 3.8) is 0 Å². The lowest BCUT2D eigenvalue weighted by molar-refractivity contribution is -0.137. The van der Waals surface area contributed by atoms with E-state index in [9.17, 15) is 21.6 Å². The third-order valence-electron chi connectivity index (χ3n) is 1.67. The van der Waals surface area contributed by atoms with Crippen molar-refractivity contribution in [1.29, 1.82) is 0 Å². The standard InChI is InChI=1S/C8H7F3O3S/c1-14-15(12,13)7-4-2-3-6(5-7)8(9,10)11/h2-5H,1H3. The summed E-state index contributed by atoms with van der Waals surface area (Å²) in [6, 6.07) is 3.36. The number of hydrogen-bond acceptors (Lipinski definition) is 3. The molecule has 1 aromatic rings. The monoisotopic (exact) mass is 240 g/mol. The topological polar surface area (TPSA) is 43.4 Å². The highest BCUT2D eigenvalue weighted by Crippen LogP contribution is 2.30. The number of benzene rings is 1. The minimum atomic E-state index is -4.57. The molecule has 3 nitrogen and oxygen atoms in total. The van der Waals surface area contributed by atoms with E-state index >= 15 is 0 Å². The van der Waals surface area contributed by atoms with Gasteiger partial charge >= 0.3 is 6.18 Å². The Morgan fingerprint density at radius 1 is 1.27 bits per heavy atom. The maximum absolute atomic E-state index is 12.2. The number of alkyl halides is 3. The Morgan fingerprint density at radius 3 is 2.33 bits per heavy atom. The average Bonchev–Trinajstić information content (AvgIpc) is 2.17. The summed E-state index contributed by atoms with van der Waals surface area (Å²) in [5.74, 6) is 0. The van der Waals surface area contributed by atoms with Crippen molar-refractivity contribution in [1.82, 2.24) is 0 Å². The van der Waals surface area contributed by atoms with Crippen LogP contribution in [0.15, 0.2) is 29.2 Å². The van der Waals surface area contributed by atoms with Crippen molar-refractivity contribution in [2.24, 2.45) is 0 Å². The summed E-state index contributed by atoms with van der Waals surface area (Å²) in [5, 5.41) is 0.